The number of halogens is 3. The number of rotatable bonds is 6. The summed E-state index contributed by atoms with van der Waals surface area (Å²) < 4.78 is 31.2. The lowest BCUT2D eigenvalue weighted by Gasteiger charge is -2.16. The maximum atomic E-state index is 13.2. The van der Waals surface area contributed by atoms with Gasteiger partial charge in [-0.05, 0) is 51.2 Å². The molecule has 2 rings (SSSR count). The van der Waals surface area contributed by atoms with E-state index in [9.17, 15) is 18.4 Å². The number of carbonyl (C=O) groups is 2. The van der Waals surface area contributed by atoms with Gasteiger partial charge >= 0.3 is 5.97 Å². The Kier molecular flexibility index (Phi) is 6.93. The highest BCUT2D eigenvalue weighted by molar-refractivity contribution is 6.33. The van der Waals surface area contributed by atoms with Crippen molar-refractivity contribution in [2.24, 2.45) is 0 Å². The second-order valence-corrected chi connectivity index (χ2v) is 6.35. The molecule has 0 saturated carbocycles. The molecule has 0 unspecified atom stereocenters. The van der Waals surface area contributed by atoms with Crippen LogP contribution in [0.5, 0.6) is 0 Å². The fourth-order valence-electron chi connectivity index (χ4n) is 2.58. The van der Waals surface area contributed by atoms with Gasteiger partial charge in [-0.15, -0.1) is 0 Å². The Morgan fingerprint density at radius 2 is 2.00 bits per heavy atom. The summed E-state index contributed by atoms with van der Waals surface area (Å²) in [6, 6.07) is 1.34. The molecule has 0 aromatic heterocycles. The molecule has 7 heteroatoms. The van der Waals surface area contributed by atoms with Crippen molar-refractivity contribution in [1.82, 2.24) is 5.32 Å². The number of benzene rings is 1. The third-order valence-electron chi connectivity index (χ3n) is 4.01. The van der Waals surface area contributed by atoms with Crippen molar-refractivity contribution in [1.29, 1.82) is 0 Å². The van der Waals surface area contributed by atoms with E-state index in [1.807, 2.05) is 0 Å². The van der Waals surface area contributed by atoms with Gasteiger partial charge in [-0.3, -0.25) is 4.79 Å². The van der Waals surface area contributed by atoms with Gasteiger partial charge in [0.1, 0.15) is 0 Å². The van der Waals surface area contributed by atoms with Gasteiger partial charge in [0.15, 0.2) is 17.7 Å². The number of nitrogens with one attached hydrogen (secondary N) is 1. The van der Waals surface area contributed by atoms with Gasteiger partial charge in [-0.1, -0.05) is 23.3 Å². The van der Waals surface area contributed by atoms with E-state index in [4.69, 9.17) is 16.3 Å². The summed E-state index contributed by atoms with van der Waals surface area (Å²) in [6.45, 7) is 1.86. The van der Waals surface area contributed by atoms with Gasteiger partial charge in [0.2, 0.25) is 0 Å². The Labute approximate surface area is 150 Å². The van der Waals surface area contributed by atoms with Gasteiger partial charge in [0.25, 0.3) is 5.91 Å². The summed E-state index contributed by atoms with van der Waals surface area (Å²) in [5.41, 5.74) is 0.998. The number of carbonyl (C=O) groups excluding carboxylic acids is 2. The smallest absolute Gasteiger partial charge is 0.340 e. The second-order valence-electron chi connectivity index (χ2n) is 5.94. The molecule has 0 spiro atoms. The minimum Gasteiger partial charge on any atom is -0.449 e. The van der Waals surface area contributed by atoms with Crippen molar-refractivity contribution >= 4 is 23.5 Å². The van der Waals surface area contributed by atoms with E-state index in [0.717, 1.165) is 19.3 Å². The molecule has 1 amide bonds. The average molecular weight is 372 g/mol. The molecular weight excluding hydrogens is 352 g/mol. The number of allylic oxidation sites excluding steroid dienone is 1. The fourth-order valence-corrected chi connectivity index (χ4v) is 2.81. The van der Waals surface area contributed by atoms with E-state index >= 15 is 0 Å². The third-order valence-corrected chi connectivity index (χ3v) is 4.33. The monoisotopic (exact) mass is 371 g/mol. The molecule has 4 nitrogen and oxygen atoms in total. The van der Waals surface area contributed by atoms with Crippen molar-refractivity contribution in [3.05, 3.63) is 46.0 Å². The molecule has 1 N–H and O–H groups in total. The molecule has 0 heterocycles. The van der Waals surface area contributed by atoms with E-state index in [1.165, 1.54) is 25.3 Å². The summed E-state index contributed by atoms with van der Waals surface area (Å²) in [7, 11) is 0. The molecule has 1 atom stereocenters. The van der Waals surface area contributed by atoms with Crippen LogP contribution in [0.3, 0.4) is 0 Å². The fraction of sp³-hybridized carbons (Fsp3) is 0.444. The van der Waals surface area contributed by atoms with Crippen LogP contribution in [0.15, 0.2) is 23.8 Å². The minimum atomic E-state index is -1.21. The van der Waals surface area contributed by atoms with E-state index in [2.05, 4.69) is 11.4 Å². The first-order valence-electron chi connectivity index (χ1n) is 8.19. The quantitative estimate of drug-likeness (QED) is 0.464. The Hall–Kier alpha value is -1.95. The van der Waals surface area contributed by atoms with Crippen LogP contribution >= 0.6 is 11.6 Å². The number of ether oxygens (including phenoxy) is 1. The molecule has 0 bridgehead atoms. The maximum absolute atomic E-state index is 13.2. The lowest BCUT2D eigenvalue weighted by Crippen LogP contribution is -2.36. The molecule has 1 aromatic rings. The molecule has 0 fully saturated rings. The zero-order valence-corrected chi connectivity index (χ0v) is 14.7. The first kappa shape index (κ1) is 19.4. The van der Waals surface area contributed by atoms with Crippen LogP contribution < -0.4 is 5.32 Å². The molecule has 0 saturated heterocycles. The second kappa shape index (κ2) is 8.94. The molecular formula is C18H20ClF2NO3. The van der Waals surface area contributed by atoms with Gasteiger partial charge in [0, 0.05) is 6.54 Å². The van der Waals surface area contributed by atoms with Gasteiger partial charge in [-0.2, -0.15) is 0 Å². The first-order valence-corrected chi connectivity index (χ1v) is 8.57. The van der Waals surface area contributed by atoms with Crippen molar-refractivity contribution in [3.63, 3.8) is 0 Å². The standard InChI is InChI=1S/C18H20ClF2NO3/c1-11(17(23)22-8-7-12-5-3-2-4-6-12)25-18(24)13-9-15(20)16(21)10-14(13)19/h5,9-11H,2-4,6-8H2,1H3,(H,22,23)/t11-/m0/s1. The third kappa shape index (κ3) is 5.53. The summed E-state index contributed by atoms with van der Waals surface area (Å²) in [5.74, 6) is -3.82. The highest BCUT2D eigenvalue weighted by Gasteiger charge is 2.22. The highest BCUT2D eigenvalue weighted by atomic mass is 35.5. The van der Waals surface area contributed by atoms with Crippen LogP contribution in [-0.2, 0) is 9.53 Å². The molecule has 1 aliphatic rings. The van der Waals surface area contributed by atoms with Crippen molar-refractivity contribution in [2.75, 3.05) is 6.54 Å². The lowest BCUT2D eigenvalue weighted by atomic mass is 9.97. The summed E-state index contributed by atoms with van der Waals surface area (Å²) >= 11 is 5.71. The zero-order valence-electron chi connectivity index (χ0n) is 13.9. The SMILES string of the molecule is C[C@H](OC(=O)c1cc(F)c(F)cc1Cl)C(=O)NCCC1=CCCCC1. The van der Waals surface area contributed by atoms with Crippen LogP contribution in [0.2, 0.25) is 5.02 Å². The van der Waals surface area contributed by atoms with Crippen LogP contribution in [0.1, 0.15) is 49.4 Å². The minimum absolute atomic E-state index is 0.277. The predicted molar refractivity (Wildman–Crippen MR) is 90.4 cm³/mol. The van der Waals surface area contributed by atoms with Crippen molar-refractivity contribution in [3.8, 4) is 0 Å². The largest absolute Gasteiger partial charge is 0.449 e. The first-order chi connectivity index (χ1) is 11.9. The summed E-state index contributed by atoms with van der Waals surface area (Å²) in [4.78, 5) is 24.0. The number of hydrogen-bond acceptors (Lipinski definition) is 3. The van der Waals surface area contributed by atoms with Crippen LogP contribution in [0.25, 0.3) is 0 Å². The summed E-state index contributed by atoms with van der Waals surface area (Å²) in [5, 5.41) is 2.42. The highest BCUT2D eigenvalue weighted by Crippen LogP contribution is 2.21. The van der Waals surface area contributed by atoms with Gasteiger partial charge < -0.3 is 10.1 Å². The Balaban J connectivity index is 1.84. The molecule has 0 radical (unpaired) electrons. The Morgan fingerprint density at radius 3 is 2.68 bits per heavy atom. The summed E-state index contributed by atoms with van der Waals surface area (Å²) in [6.07, 6.45) is 6.39. The average Bonchev–Trinajstić information content (AvgIpc) is 2.58. The van der Waals surface area contributed by atoms with E-state index in [1.54, 1.807) is 0 Å². The lowest BCUT2D eigenvalue weighted by molar-refractivity contribution is -0.129. The van der Waals surface area contributed by atoms with Crippen LogP contribution in [0.4, 0.5) is 8.78 Å². The van der Waals surface area contributed by atoms with Crippen LogP contribution in [0, 0.1) is 11.6 Å². The van der Waals surface area contributed by atoms with Crippen molar-refractivity contribution < 1.29 is 23.1 Å². The maximum Gasteiger partial charge on any atom is 0.340 e. The molecule has 1 aliphatic carbocycles. The topological polar surface area (TPSA) is 55.4 Å². The molecule has 136 valence electrons. The normalized spacial score (nSPS) is 15.3. The van der Waals surface area contributed by atoms with Gasteiger partial charge in [0.05, 0.1) is 10.6 Å². The van der Waals surface area contributed by atoms with Crippen LogP contribution in [-0.4, -0.2) is 24.5 Å². The molecule has 25 heavy (non-hydrogen) atoms. The Bertz CT molecular complexity index is 691. The van der Waals surface area contributed by atoms with E-state index < -0.39 is 29.6 Å². The van der Waals surface area contributed by atoms with Gasteiger partial charge in [-0.25, -0.2) is 13.6 Å². The number of amides is 1. The Morgan fingerprint density at radius 1 is 1.28 bits per heavy atom. The molecule has 0 aliphatic heterocycles. The molecule has 1 aromatic carbocycles. The van der Waals surface area contributed by atoms with Crippen molar-refractivity contribution in [2.45, 2.75) is 45.1 Å². The number of hydrogen-bond donors (Lipinski definition) is 1. The van der Waals surface area contributed by atoms with E-state index in [-0.39, 0.29) is 10.6 Å². The zero-order chi connectivity index (χ0) is 18.4. The van der Waals surface area contributed by atoms with E-state index in [0.29, 0.717) is 18.7 Å². The predicted octanol–water partition coefficient (Wildman–Crippen LogP) is 4.17. The number of esters is 1.